The molecule has 5 heteroatoms. The molecule has 5 nitrogen and oxygen atoms in total. The molecule has 0 heterocycles. The second-order valence-electron chi connectivity index (χ2n) is 6.51. The molecular formula is C18H25NO4. The first-order valence-corrected chi connectivity index (χ1v) is 8.13. The Morgan fingerprint density at radius 3 is 2.35 bits per heavy atom. The number of carboxylic acid groups (broad SMARTS) is 1. The van der Waals surface area contributed by atoms with Gasteiger partial charge in [-0.15, -0.1) is 0 Å². The normalized spacial score (nSPS) is 18.0. The van der Waals surface area contributed by atoms with Crippen molar-refractivity contribution in [2.45, 2.75) is 45.4 Å². The summed E-state index contributed by atoms with van der Waals surface area (Å²) in [5, 5.41) is 12.1. The average molecular weight is 319 g/mol. The zero-order valence-electron chi connectivity index (χ0n) is 13.8. The first kappa shape index (κ1) is 17.3. The van der Waals surface area contributed by atoms with Crippen LogP contribution in [-0.4, -0.2) is 24.1 Å². The molecular weight excluding hydrogens is 294 g/mol. The Hall–Kier alpha value is -2.04. The molecule has 1 amide bonds. The number of hydrogen-bond acceptors (Lipinski definition) is 3. The van der Waals surface area contributed by atoms with E-state index in [-0.39, 0.29) is 18.2 Å². The number of anilines is 1. The van der Waals surface area contributed by atoms with Crippen molar-refractivity contribution in [3.8, 4) is 5.75 Å². The van der Waals surface area contributed by atoms with E-state index in [1.54, 1.807) is 38.3 Å². The summed E-state index contributed by atoms with van der Waals surface area (Å²) in [6.07, 6.45) is 4.99. The lowest BCUT2D eigenvalue weighted by molar-refractivity contribution is -0.145. The van der Waals surface area contributed by atoms with Gasteiger partial charge in [-0.2, -0.15) is 0 Å². The molecule has 0 aliphatic heterocycles. The summed E-state index contributed by atoms with van der Waals surface area (Å²) in [7, 11) is 1.58. The second kappa shape index (κ2) is 7.49. The molecule has 0 radical (unpaired) electrons. The number of methoxy groups -OCH3 is 1. The van der Waals surface area contributed by atoms with E-state index in [1.807, 2.05) is 0 Å². The van der Waals surface area contributed by atoms with Crippen LogP contribution in [0.5, 0.6) is 5.75 Å². The van der Waals surface area contributed by atoms with Crippen molar-refractivity contribution in [2.24, 2.45) is 11.3 Å². The van der Waals surface area contributed by atoms with Gasteiger partial charge >= 0.3 is 5.97 Å². The summed E-state index contributed by atoms with van der Waals surface area (Å²) in [5.74, 6) is -0.311. The Balaban J connectivity index is 2.16. The van der Waals surface area contributed by atoms with E-state index in [9.17, 15) is 14.7 Å². The number of carboxylic acids is 1. The molecule has 1 saturated carbocycles. The minimum atomic E-state index is -0.928. The van der Waals surface area contributed by atoms with Gasteiger partial charge in [0.1, 0.15) is 5.75 Å². The number of nitrogens with one attached hydrogen (secondary N) is 1. The number of ether oxygens (including phenoxy) is 1. The van der Waals surface area contributed by atoms with Crippen LogP contribution >= 0.6 is 0 Å². The molecule has 1 aliphatic rings. The lowest BCUT2D eigenvalue weighted by atomic mass is 9.67. The molecule has 126 valence electrons. The van der Waals surface area contributed by atoms with Gasteiger partial charge in [-0.1, -0.05) is 19.3 Å². The monoisotopic (exact) mass is 319 g/mol. The van der Waals surface area contributed by atoms with E-state index >= 15 is 0 Å². The minimum absolute atomic E-state index is 0.116. The van der Waals surface area contributed by atoms with Gasteiger partial charge in [0.05, 0.1) is 18.9 Å². The SMILES string of the molecule is COc1ccc(NC(=O)C(C)(CC(=O)O)C2CCCCC2)cc1. The third-order valence-corrected chi connectivity index (χ3v) is 4.89. The minimum Gasteiger partial charge on any atom is -0.497 e. The Bertz CT molecular complexity index is 549. The fraction of sp³-hybridized carbons (Fsp3) is 0.556. The Morgan fingerprint density at radius 1 is 1.22 bits per heavy atom. The van der Waals surface area contributed by atoms with Crippen LogP contribution in [0.15, 0.2) is 24.3 Å². The standard InChI is InChI=1S/C18H25NO4/c1-18(12-16(20)21,13-6-4-3-5-7-13)17(22)19-14-8-10-15(23-2)11-9-14/h8-11,13H,3-7,12H2,1-2H3,(H,19,22)(H,20,21). The van der Waals surface area contributed by atoms with Crippen LogP contribution in [0.2, 0.25) is 0 Å². The average Bonchev–Trinajstić information content (AvgIpc) is 2.55. The van der Waals surface area contributed by atoms with Gasteiger partial charge < -0.3 is 15.2 Å². The maximum absolute atomic E-state index is 12.8. The van der Waals surface area contributed by atoms with Crippen molar-refractivity contribution >= 4 is 17.6 Å². The van der Waals surface area contributed by atoms with Crippen LogP contribution < -0.4 is 10.1 Å². The Kier molecular flexibility index (Phi) is 5.64. The van der Waals surface area contributed by atoms with Crippen LogP contribution in [0, 0.1) is 11.3 Å². The number of amides is 1. The molecule has 0 saturated heterocycles. The van der Waals surface area contributed by atoms with Gasteiger partial charge in [0, 0.05) is 5.69 Å². The van der Waals surface area contributed by atoms with E-state index in [4.69, 9.17) is 4.74 Å². The third kappa shape index (κ3) is 4.24. The van der Waals surface area contributed by atoms with Crippen molar-refractivity contribution in [1.82, 2.24) is 0 Å². The topological polar surface area (TPSA) is 75.6 Å². The third-order valence-electron chi connectivity index (χ3n) is 4.89. The zero-order chi connectivity index (χ0) is 16.9. The predicted molar refractivity (Wildman–Crippen MR) is 88.6 cm³/mol. The summed E-state index contributed by atoms with van der Waals surface area (Å²) < 4.78 is 5.10. The summed E-state index contributed by atoms with van der Waals surface area (Å²) in [6, 6.07) is 7.06. The number of carbonyl (C=O) groups is 2. The Morgan fingerprint density at radius 2 is 1.83 bits per heavy atom. The number of aliphatic carboxylic acids is 1. The first-order valence-electron chi connectivity index (χ1n) is 8.13. The smallest absolute Gasteiger partial charge is 0.304 e. The van der Waals surface area contributed by atoms with Crippen LogP contribution in [0.4, 0.5) is 5.69 Å². The fourth-order valence-corrected chi connectivity index (χ4v) is 3.41. The van der Waals surface area contributed by atoms with Crippen molar-refractivity contribution < 1.29 is 19.4 Å². The quantitative estimate of drug-likeness (QED) is 0.838. The molecule has 0 aromatic heterocycles. The molecule has 2 rings (SSSR count). The summed E-state index contributed by atoms with van der Waals surface area (Å²) in [5.41, 5.74) is -0.227. The van der Waals surface area contributed by atoms with E-state index in [0.29, 0.717) is 11.4 Å². The highest BCUT2D eigenvalue weighted by molar-refractivity contribution is 5.97. The molecule has 0 spiro atoms. The van der Waals surface area contributed by atoms with E-state index in [0.717, 1.165) is 25.7 Å². The largest absolute Gasteiger partial charge is 0.497 e. The second-order valence-corrected chi connectivity index (χ2v) is 6.51. The lowest BCUT2D eigenvalue weighted by Gasteiger charge is -2.37. The Labute approximate surface area is 137 Å². The fourth-order valence-electron chi connectivity index (χ4n) is 3.41. The van der Waals surface area contributed by atoms with Gasteiger partial charge in [-0.05, 0) is 49.9 Å². The number of rotatable bonds is 6. The summed E-state index contributed by atoms with van der Waals surface area (Å²) in [4.78, 5) is 24.1. The van der Waals surface area contributed by atoms with Crippen LogP contribution in [0.1, 0.15) is 45.4 Å². The number of hydrogen-bond donors (Lipinski definition) is 2. The molecule has 0 bridgehead atoms. The van der Waals surface area contributed by atoms with Crippen LogP contribution in [0.3, 0.4) is 0 Å². The van der Waals surface area contributed by atoms with E-state index < -0.39 is 11.4 Å². The van der Waals surface area contributed by atoms with E-state index in [1.165, 1.54) is 6.42 Å². The zero-order valence-corrected chi connectivity index (χ0v) is 13.8. The van der Waals surface area contributed by atoms with Crippen molar-refractivity contribution in [2.75, 3.05) is 12.4 Å². The molecule has 1 fully saturated rings. The van der Waals surface area contributed by atoms with Crippen LogP contribution in [0.25, 0.3) is 0 Å². The van der Waals surface area contributed by atoms with Crippen molar-refractivity contribution in [1.29, 1.82) is 0 Å². The molecule has 1 unspecified atom stereocenters. The highest BCUT2D eigenvalue weighted by Gasteiger charge is 2.43. The first-order chi connectivity index (χ1) is 11.0. The number of benzene rings is 1. The predicted octanol–water partition coefficient (Wildman–Crippen LogP) is 3.70. The van der Waals surface area contributed by atoms with E-state index in [2.05, 4.69) is 5.32 Å². The van der Waals surface area contributed by atoms with Gasteiger partial charge in [0.25, 0.3) is 0 Å². The maximum Gasteiger partial charge on any atom is 0.304 e. The molecule has 2 N–H and O–H groups in total. The lowest BCUT2D eigenvalue weighted by Crippen LogP contribution is -2.42. The molecule has 1 aliphatic carbocycles. The number of carbonyl (C=O) groups excluding carboxylic acids is 1. The highest BCUT2D eigenvalue weighted by Crippen LogP contribution is 2.42. The summed E-state index contributed by atoms with van der Waals surface area (Å²) >= 11 is 0. The van der Waals surface area contributed by atoms with Crippen molar-refractivity contribution in [3.05, 3.63) is 24.3 Å². The van der Waals surface area contributed by atoms with Gasteiger partial charge in [0.15, 0.2) is 0 Å². The maximum atomic E-state index is 12.8. The summed E-state index contributed by atoms with van der Waals surface area (Å²) in [6.45, 7) is 1.79. The van der Waals surface area contributed by atoms with Crippen LogP contribution in [-0.2, 0) is 9.59 Å². The van der Waals surface area contributed by atoms with Gasteiger partial charge in [-0.3, -0.25) is 9.59 Å². The molecule has 23 heavy (non-hydrogen) atoms. The molecule has 1 aromatic rings. The molecule has 1 atom stereocenters. The molecule has 1 aromatic carbocycles. The van der Waals surface area contributed by atoms with Crippen molar-refractivity contribution in [3.63, 3.8) is 0 Å². The highest BCUT2D eigenvalue weighted by atomic mass is 16.5. The van der Waals surface area contributed by atoms with Gasteiger partial charge in [0.2, 0.25) is 5.91 Å². The van der Waals surface area contributed by atoms with Gasteiger partial charge in [-0.25, -0.2) is 0 Å².